The monoisotopic (exact) mass is 241 g/mol. The second kappa shape index (κ2) is 5.96. The van der Waals surface area contributed by atoms with E-state index in [2.05, 4.69) is 11.8 Å². The number of likely N-dealkylation sites (N-methyl/N-ethyl adjacent to an activating group) is 1. The van der Waals surface area contributed by atoms with Gasteiger partial charge in [-0.25, -0.2) is 0 Å². The quantitative estimate of drug-likeness (QED) is 0.725. The minimum atomic E-state index is -0.686. The van der Waals surface area contributed by atoms with Crippen molar-refractivity contribution in [2.45, 2.75) is 58.5 Å². The fraction of sp³-hybridized carbons (Fsp3) is 0.929. The highest BCUT2D eigenvalue weighted by Crippen LogP contribution is 2.35. The molecule has 100 valence electrons. The molecule has 1 N–H and O–H groups in total. The van der Waals surface area contributed by atoms with Crippen molar-refractivity contribution in [2.24, 2.45) is 5.41 Å². The number of carbonyl (C=O) groups excluding carboxylic acids is 1. The van der Waals surface area contributed by atoms with Gasteiger partial charge in [0.05, 0.1) is 5.60 Å². The molecule has 0 spiro atoms. The van der Waals surface area contributed by atoms with E-state index in [4.69, 9.17) is 0 Å². The summed E-state index contributed by atoms with van der Waals surface area (Å²) in [6, 6.07) is 0. The van der Waals surface area contributed by atoms with E-state index in [1.165, 1.54) is 25.5 Å². The summed E-state index contributed by atoms with van der Waals surface area (Å²) in [6.07, 6.45) is 6.78. The van der Waals surface area contributed by atoms with Crippen molar-refractivity contribution in [3.8, 4) is 0 Å². The average Bonchev–Trinajstić information content (AvgIpc) is 2.27. The van der Waals surface area contributed by atoms with Crippen LogP contribution in [0.4, 0.5) is 0 Å². The third kappa shape index (κ3) is 4.76. The van der Waals surface area contributed by atoms with Gasteiger partial charge in [-0.3, -0.25) is 4.90 Å². The molecule has 1 rings (SSSR count). The van der Waals surface area contributed by atoms with Crippen LogP contribution in [0, 0.1) is 5.41 Å². The fourth-order valence-corrected chi connectivity index (χ4v) is 2.84. The summed E-state index contributed by atoms with van der Waals surface area (Å²) < 4.78 is 0. The zero-order valence-electron chi connectivity index (χ0n) is 11.5. The van der Waals surface area contributed by atoms with Gasteiger partial charge in [-0.15, -0.1) is 0 Å². The highest BCUT2D eigenvalue weighted by molar-refractivity contribution is 5.60. The molecule has 0 bridgehead atoms. The first-order valence-corrected chi connectivity index (χ1v) is 6.82. The molecule has 17 heavy (non-hydrogen) atoms. The van der Waals surface area contributed by atoms with Crippen LogP contribution >= 0.6 is 0 Å². The lowest BCUT2D eigenvalue weighted by atomic mass is 9.75. The van der Waals surface area contributed by atoms with E-state index < -0.39 is 5.60 Å². The average molecular weight is 241 g/mol. The van der Waals surface area contributed by atoms with Gasteiger partial charge in [0.1, 0.15) is 6.29 Å². The zero-order valence-corrected chi connectivity index (χ0v) is 11.5. The first-order valence-electron chi connectivity index (χ1n) is 6.82. The lowest BCUT2D eigenvalue weighted by molar-refractivity contribution is -0.119. The predicted octanol–water partition coefficient (Wildman–Crippen LogP) is 2.23. The smallest absolute Gasteiger partial charge is 0.127 e. The summed E-state index contributed by atoms with van der Waals surface area (Å²) in [4.78, 5) is 13.6. The van der Waals surface area contributed by atoms with Crippen LogP contribution in [0.2, 0.25) is 0 Å². The summed E-state index contributed by atoms with van der Waals surface area (Å²) >= 11 is 0. The number of hydrogen-bond donors (Lipinski definition) is 1. The van der Waals surface area contributed by atoms with Gasteiger partial charge in [0, 0.05) is 18.5 Å². The number of rotatable bonds is 6. The predicted molar refractivity (Wildman–Crippen MR) is 70.0 cm³/mol. The lowest BCUT2D eigenvalue weighted by Crippen LogP contribution is -2.45. The maximum Gasteiger partial charge on any atom is 0.127 e. The largest absolute Gasteiger partial charge is 0.389 e. The third-order valence-electron chi connectivity index (χ3n) is 3.70. The van der Waals surface area contributed by atoms with Gasteiger partial charge in [0.25, 0.3) is 0 Å². The first-order chi connectivity index (χ1) is 7.91. The standard InChI is InChI=1S/C14H27NO2/c1-4-15(10-13(2,3)17)11-14(12-16)8-6-5-7-9-14/h12,17H,4-11H2,1-3H3. The molecule has 0 aromatic rings. The van der Waals surface area contributed by atoms with Gasteiger partial charge >= 0.3 is 0 Å². The Morgan fingerprint density at radius 1 is 1.29 bits per heavy atom. The molecule has 1 aliphatic rings. The SMILES string of the molecule is CCN(CC(C)(C)O)CC1(C=O)CCCCC1. The molecule has 0 aliphatic heterocycles. The van der Waals surface area contributed by atoms with Crippen LogP contribution in [-0.4, -0.2) is 41.5 Å². The molecule has 3 nitrogen and oxygen atoms in total. The molecule has 0 radical (unpaired) electrons. The van der Waals surface area contributed by atoms with E-state index in [1.807, 2.05) is 13.8 Å². The van der Waals surface area contributed by atoms with Crippen molar-refractivity contribution in [2.75, 3.05) is 19.6 Å². The summed E-state index contributed by atoms with van der Waals surface area (Å²) in [7, 11) is 0. The Hall–Kier alpha value is -0.410. The van der Waals surface area contributed by atoms with Crippen molar-refractivity contribution < 1.29 is 9.90 Å². The number of carbonyl (C=O) groups is 1. The van der Waals surface area contributed by atoms with Crippen LogP contribution in [0.25, 0.3) is 0 Å². The maximum absolute atomic E-state index is 11.4. The third-order valence-corrected chi connectivity index (χ3v) is 3.70. The Morgan fingerprint density at radius 2 is 1.88 bits per heavy atom. The molecule has 1 saturated carbocycles. The molecular weight excluding hydrogens is 214 g/mol. The molecule has 0 saturated heterocycles. The van der Waals surface area contributed by atoms with E-state index >= 15 is 0 Å². The van der Waals surface area contributed by atoms with E-state index in [9.17, 15) is 9.90 Å². The Bertz CT molecular complexity index is 239. The molecule has 1 fully saturated rings. The molecule has 0 heterocycles. The topological polar surface area (TPSA) is 40.5 Å². The van der Waals surface area contributed by atoms with Crippen LogP contribution in [0.5, 0.6) is 0 Å². The zero-order chi connectivity index (χ0) is 12.9. The van der Waals surface area contributed by atoms with Crippen molar-refractivity contribution in [3.05, 3.63) is 0 Å². The number of aldehydes is 1. The normalized spacial score (nSPS) is 20.5. The van der Waals surface area contributed by atoms with E-state index in [0.717, 1.165) is 25.9 Å². The maximum atomic E-state index is 11.4. The Morgan fingerprint density at radius 3 is 2.29 bits per heavy atom. The minimum absolute atomic E-state index is 0.153. The van der Waals surface area contributed by atoms with Crippen molar-refractivity contribution >= 4 is 6.29 Å². The van der Waals surface area contributed by atoms with E-state index in [0.29, 0.717) is 6.54 Å². The molecule has 0 aromatic carbocycles. The van der Waals surface area contributed by atoms with E-state index in [1.54, 1.807) is 0 Å². The van der Waals surface area contributed by atoms with Gasteiger partial charge in [0.2, 0.25) is 0 Å². The number of nitrogens with zero attached hydrogens (tertiary/aromatic N) is 1. The van der Waals surface area contributed by atoms with Gasteiger partial charge < -0.3 is 9.90 Å². The van der Waals surface area contributed by atoms with Gasteiger partial charge in [-0.05, 0) is 33.2 Å². The summed E-state index contributed by atoms with van der Waals surface area (Å²) in [5, 5.41) is 9.88. The van der Waals surface area contributed by atoms with Crippen LogP contribution in [0.1, 0.15) is 52.9 Å². The number of aliphatic hydroxyl groups is 1. The fourth-order valence-electron chi connectivity index (χ4n) is 2.84. The van der Waals surface area contributed by atoms with Gasteiger partial charge in [0.15, 0.2) is 0 Å². The molecule has 1 aliphatic carbocycles. The van der Waals surface area contributed by atoms with Crippen molar-refractivity contribution in [3.63, 3.8) is 0 Å². The van der Waals surface area contributed by atoms with E-state index in [-0.39, 0.29) is 5.41 Å². The van der Waals surface area contributed by atoms with Crippen LogP contribution < -0.4 is 0 Å². The molecular formula is C14H27NO2. The second-order valence-electron chi connectivity index (χ2n) is 6.16. The minimum Gasteiger partial charge on any atom is -0.389 e. The summed E-state index contributed by atoms with van der Waals surface area (Å²) in [5.41, 5.74) is -0.839. The van der Waals surface area contributed by atoms with Crippen LogP contribution in [0.3, 0.4) is 0 Å². The van der Waals surface area contributed by atoms with Gasteiger partial charge in [-0.1, -0.05) is 26.2 Å². The lowest BCUT2D eigenvalue weighted by Gasteiger charge is -2.38. The van der Waals surface area contributed by atoms with Crippen molar-refractivity contribution in [1.29, 1.82) is 0 Å². The number of hydrogen-bond acceptors (Lipinski definition) is 3. The Kier molecular flexibility index (Phi) is 5.14. The van der Waals surface area contributed by atoms with Crippen molar-refractivity contribution in [1.82, 2.24) is 4.90 Å². The van der Waals surface area contributed by atoms with Gasteiger partial charge in [-0.2, -0.15) is 0 Å². The Labute approximate surface area is 105 Å². The highest BCUT2D eigenvalue weighted by Gasteiger charge is 2.34. The second-order valence-corrected chi connectivity index (χ2v) is 6.16. The summed E-state index contributed by atoms with van der Waals surface area (Å²) in [6.45, 7) is 8.07. The Balaban J connectivity index is 2.61. The molecule has 0 unspecified atom stereocenters. The molecule has 3 heteroatoms. The summed E-state index contributed by atoms with van der Waals surface area (Å²) in [5.74, 6) is 0. The van der Waals surface area contributed by atoms with Crippen LogP contribution in [-0.2, 0) is 4.79 Å². The molecule has 0 atom stereocenters. The highest BCUT2D eigenvalue weighted by atomic mass is 16.3. The van der Waals surface area contributed by atoms with Crippen LogP contribution in [0.15, 0.2) is 0 Å². The molecule has 0 amide bonds. The first kappa shape index (κ1) is 14.7. The molecule has 0 aromatic heterocycles.